The lowest BCUT2D eigenvalue weighted by atomic mass is 10.0. The lowest BCUT2D eigenvalue weighted by Gasteiger charge is -2.25. The molecule has 0 saturated carbocycles. The topological polar surface area (TPSA) is 43.4 Å². The minimum atomic E-state index is -1.55. The Kier molecular flexibility index (Phi) is 4.13. The Bertz CT molecular complexity index is 238. The fraction of sp³-hybridized carbons (Fsp3) is 0.800. The van der Waals surface area contributed by atoms with Gasteiger partial charge in [-0.15, -0.1) is 0 Å². The SMILES string of the molecule is CCC(=O)[C@](C)(Cl)C(=O)OC(C)(C)C. The highest BCUT2D eigenvalue weighted by molar-refractivity contribution is 6.45. The van der Waals surface area contributed by atoms with E-state index in [1.807, 2.05) is 0 Å². The molecule has 82 valence electrons. The van der Waals surface area contributed by atoms with Crippen molar-refractivity contribution >= 4 is 23.4 Å². The molecule has 0 N–H and O–H groups in total. The van der Waals surface area contributed by atoms with Crippen LogP contribution in [0.5, 0.6) is 0 Å². The normalized spacial score (nSPS) is 15.9. The predicted molar refractivity (Wildman–Crippen MR) is 55.4 cm³/mol. The van der Waals surface area contributed by atoms with E-state index in [-0.39, 0.29) is 12.2 Å². The molecule has 1 atom stereocenters. The van der Waals surface area contributed by atoms with E-state index in [2.05, 4.69) is 0 Å². The monoisotopic (exact) mass is 220 g/mol. The Labute approximate surface area is 89.8 Å². The molecule has 3 nitrogen and oxygen atoms in total. The van der Waals surface area contributed by atoms with Gasteiger partial charge < -0.3 is 4.74 Å². The second-order valence-corrected chi connectivity index (χ2v) is 5.04. The standard InChI is InChI=1S/C10H17ClO3/c1-6-7(12)10(5,11)8(13)14-9(2,3)4/h6H2,1-5H3/t10-/m0/s1. The van der Waals surface area contributed by atoms with Gasteiger partial charge in [0, 0.05) is 6.42 Å². The van der Waals surface area contributed by atoms with Crippen LogP contribution in [0, 0.1) is 0 Å². The van der Waals surface area contributed by atoms with Crippen molar-refractivity contribution in [2.24, 2.45) is 0 Å². The van der Waals surface area contributed by atoms with Gasteiger partial charge >= 0.3 is 5.97 Å². The van der Waals surface area contributed by atoms with Crippen LogP contribution in [0.3, 0.4) is 0 Å². The highest BCUT2D eigenvalue weighted by Crippen LogP contribution is 2.22. The fourth-order valence-electron chi connectivity index (χ4n) is 0.820. The lowest BCUT2D eigenvalue weighted by molar-refractivity contribution is -0.159. The summed E-state index contributed by atoms with van der Waals surface area (Å²) in [6.45, 7) is 8.22. The number of Topliss-reactive ketones (excluding diaryl/α,β-unsaturated/α-hetero) is 1. The number of esters is 1. The van der Waals surface area contributed by atoms with Gasteiger partial charge in [-0.1, -0.05) is 18.5 Å². The highest BCUT2D eigenvalue weighted by atomic mass is 35.5. The van der Waals surface area contributed by atoms with Gasteiger partial charge in [0.2, 0.25) is 0 Å². The molecule has 0 rings (SSSR count). The van der Waals surface area contributed by atoms with Gasteiger partial charge in [0.15, 0.2) is 10.7 Å². The summed E-state index contributed by atoms with van der Waals surface area (Å²) >= 11 is 5.82. The van der Waals surface area contributed by atoms with Crippen molar-refractivity contribution in [3.8, 4) is 0 Å². The molecule has 0 bridgehead atoms. The first kappa shape index (κ1) is 13.4. The maximum Gasteiger partial charge on any atom is 0.335 e. The van der Waals surface area contributed by atoms with Crippen molar-refractivity contribution in [2.45, 2.75) is 51.5 Å². The van der Waals surface area contributed by atoms with E-state index >= 15 is 0 Å². The van der Waals surface area contributed by atoms with E-state index < -0.39 is 16.4 Å². The van der Waals surface area contributed by atoms with Gasteiger partial charge in [0.1, 0.15) is 5.60 Å². The fourth-order valence-corrected chi connectivity index (χ4v) is 0.992. The van der Waals surface area contributed by atoms with Crippen LogP contribution in [-0.4, -0.2) is 22.2 Å². The molecule has 0 aromatic heterocycles. The number of ether oxygens (including phenoxy) is 1. The van der Waals surface area contributed by atoms with Crippen LogP contribution in [0.1, 0.15) is 41.0 Å². The van der Waals surface area contributed by atoms with Crippen LogP contribution in [0.15, 0.2) is 0 Å². The average Bonchev–Trinajstić information content (AvgIpc) is 1.99. The summed E-state index contributed by atoms with van der Waals surface area (Å²) in [5.74, 6) is -1.01. The van der Waals surface area contributed by atoms with E-state index in [1.165, 1.54) is 6.92 Å². The van der Waals surface area contributed by atoms with Crippen molar-refractivity contribution in [3.63, 3.8) is 0 Å². The van der Waals surface area contributed by atoms with Crippen molar-refractivity contribution < 1.29 is 14.3 Å². The van der Waals surface area contributed by atoms with E-state index in [4.69, 9.17) is 16.3 Å². The zero-order valence-corrected chi connectivity index (χ0v) is 10.1. The van der Waals surface area contributed by atoms with E-state index in [0.29, 0.717) is 0 Å². The number of hydrogen-bond donors (Lipinski definition) is 0. The molecule has 0 aromatic rings. The number of hydrogen-bond acceptors (Lipinski definition) is 3. The van der Waals surface area contributed by atoms with Crippen LogP contribution < -0.4 is 0 Å². The number of rotatable bonds is 3. The molecule has 0 saturated heterocycles. The lowest BCUT2D eigenvalue weighted by Crippen LogP contribution is -2.42. The van der Waals surface area contributed by atoms with Gasteiger partial charge in [0.25, 0.3) is 0 Å². The molecule has 0 aliphatic heterocycles. The number of alkyl halides is 1. The van der Waals surface area contributed by atoms with Gasteiger partial charge in [-0.05, 0) is 27.7 Å². The predicted octanol–water partition coefficient (Wildman–Crippen LogP) is 2.30. The van der Waals surface area contributed by atoms with Crippen molar-refractivity contribution in [1.29, 1.82) is 0 Å². The molecule has 4 heteroatoms. The number of halogens is 1. The Hall–Kier alpha value is -0.570. The number of carbonyl (C=O) groups is 2. The molecule has 0 aliphatic rings. The first-order valence-electron chi connectivity index (χ1n) is 4.57. The highest BCUT2D eigenvalue weighted by Gasteiger charge is 2.40. The van der Waals surface area contributed by atoms with Crippen LogP contribution in [0.2, 0.25) is 0 Å². The van der Waals surface area contributed by atoms with Crippen molar-refractivity contribution in [1.82, 2.24) is 0 Å². The van der Waals surface area contributed by atoms with Crippen LogP contribution in [0.25, 0.3) is 0 Å². The summed E-state index contributed by atoms with van der Waals surface area (Å²) in [7, 11) is 0. The molecular weight excluding hydrogens is 204 g/mol. The third-order valence-electron chi connectivity index (χ3n) is 1.63. The summed E-state index contributed by atoms with van der Waals surface area (Å²) in [4.78, 5) is 21.3. The van der Waals surface area contributed by atoms with Gasteiger partial charge in [-0.25, -0.2) is 4.79 Å². The second-order valence-electron chi connectivity index (χ2n) is 4.28. The quantitative estimate of drug-likeness (QED) is 0.417. The van der Waals surface area contributed by atoms with E-state index in [0.717, 1.165) is 0 Å². The third-order valence-corrected chi connectivity index (χ3v) is 1.99. The summed E-state index contributed by atoms with van der Waals surface area (Å²) in [5.41, 5.74) is -0.624. The zero-order valence-electron chi connectivity index (χ0n) is 9.31. The molecule has 0 unspecified atom stereocenters. The molecule has 0 fully saturated rings. The van der Waals surface area contributed by atoms with Gasteiger partial charge in [-0.3, -0.25) is 4.79 Å². The Morgan fingerprint density at radius 1 is 1.21 bits per heavy atom. The van der Waals surface area contributed by atoms with E-state index in [9.17, 15) is 9.59 Å². The molecule has 0 aliphatic carbocycles. The van der Waals surface area contributed by atoms with E-state index in [1.54, 1.807) is 27.7 Å². The molecular formula is C10H17ClO3. The van der Waals surface area contributed by atoms with Crippen LogP contribution in [-0.2, 0) is 14.3 Å². The third kappa shape index (κ3) is 3.66. The Balaban J connectivity index is 4.60. The van der Waals surface area contributed by atoms with Crippen LogP contribution >= 0.6 is 11.6 Å². The second kappa shape index (κ2) is 4.30. The van der Waals surface area contributed by atoms with Crippen molar-refractivity contribution in [3.05, 3.63) is 0 Å². The van der Waals surface area contributed by atoms with Crippen LogP contribution in [0.4, 0.5) is 0 Å². The average molecular weight is 221 g/mol. The molecule has 14 heavy (non-hydrogen) atoms. The van der Waals surface area contributed by atoms with Crippen molar-refractivity contribution in [2.75, 3.05) is 0 Å². The molecule has 0 radical (unpaired) electrons. The first-order valence-corrected chi connectivity index (χ1v) is 4.94. The maximum atomic E-state index is 11.5. The zero-order chi connectivity index (χ0) is 11.6. The number of carbonyl (C=O) groups excluding carboxylic acids is 2. The molecule has 0 amide bonds. The number of ketones is 1. The summed E-state index contributed by atoms with van der Waals surface area (Å²) in [6, 6.07) is 0. The Morgan fingerprint density at radius 2 is 1.64 bits per heavy atom. The first-order chi connectivity index (χ1) is 6.11. The minimum absolute atomic E-state index is 0.221. The minimum Gasteiger partial charge on any atom is -0.458 e. The van der Waals surface area contributed by atoms with Gasteiger partial charge in [0.05, 0.1) is 0 Å². The van der Waals surface area contributed by atoms with Gasteiger partial charge in [-0.2, -0.15) is 0 Å². The smallest absolute Gasteiger partial charge is 0.335 e. The molecule has 0 spiro atoms. The largest absolute Gasteiger partial charge is 0.458 e. The maximum absolute atomic E-state index is 11.5. The summed E-state index contributed by atoms with van der Waals surface area (Å²) in [6.07, 6.45) is 0.221. The Morgan fingerprint density at radius 3 is 1.93 bits per heavy atom. The summed E-state index contributed by atoms with van der Waals surface area (Å²) in [5, 5.41) is 0. The molecule has 0 aromatic carbocycles. The molecule has 0 heterocycles. The summed E-state index contributed by atoms with van der Waals surface area (Å²) < 4.78 is 5.03.